The number of benzene rings is 2. The van der Waals surface area contributed by atoms with E-state index >= 15 is 0 Å². The SMILES string of the molecule is CCNC(=NCc1cc(OC)c(OC)c(OC)c1)NCCc1nc2ccccc2[nH]1. The second kappa shape index (κ2) is 10.4. The van der Waals surface area contributed by atoms with Gasteiger partial charge in [-0.2, -0.15) is 0 Å². The van der Waals surface area contributed by atoms with Crippen LogP contribution in [0.1, 0.15) is 18.3 Å². The summed E-state index contributed by atoms with van der Waals surface area (Å²) in [5.74, 6) is 3.49. The molecule has 3 rings (SSSR count). The maximum absolute atomic E-state index is 5.42. The molecule has 8 heteroatoms. The first-order valence-electron chi connectivity index (χ1n) is 9.93. The van der Waals surface area contributed by atoms with Gasteiger partial charge in [0.2, 0.25) is 5.75 Å². The van der Waals surface area contributed by atoms with Crippen LogP contribution in [0.15, 0.2) is 41.4 Å². The number of imidazole rings is 1. The molecule has 2 aromatic carbocycles. The van der Waals surface area contributed by atoms with Crippen LogP contribution in [-0.4, -0.2) is 50.3 Å². The third-order valence-electron chi connectivity index (χ3n) is 4.58. The van der Waals surface area contributed by atoms with E-state index in [9.17, 15) is 0 Å². The number of aliphatic imine (C=N–C) groups is 1. The van der Waals surface area contributed by atoms with Crippen molar-refractivity contribution in [3.8, 4) is 17.2 Å². The first kappa shape index (κ1) is 21.3. The van der Waals surface area contributed by atoms with Crippen molar-refractivity contribution in [3.63, 3.8) is 0 Å². The number of aromatic nitrogens is 2. The molecule has 8 nitrogen and oxygen atoms in total. The lowest BCUT2D eigenvalue weighted by atomic mass is 10.2. The Bertz CT molecular complexity index is 941. The second-order valence-corrected chi connectivity index (χ2v) is 6.61. The number of H-pyrrole nitrogens is 1. The van der Waals surface area contributed by atoms with E-state index in [1.807, 2.05) is 43.3 Å². The molecule has 0 saturated carbocycles. The minimum Gasteiger partial charge on any atom is -0.493 e. The average molecular weight is 412 g/mol. The Hall–Kier alpha value is -3.42. The molecule has 3 aromatic rings. The van der Waals surface area contributed by atoms with E-state index in [4.69, 9.17) is 14.2 Å². The molecule has 0 aliphatic carbocycles. The minimum atomic E-state index is 0.469. The summed E-state index contributed by atoms with van der Waals surface area (Å²) < 4.78 is 16.2. The van der Waals surface area contributed by atoms with E-state index in [0.717, 1.165) is 41.3 Å². The number of methoxy groups -OCH3 is 3. The van der Waals surface area contributed by atoms with Gasteiger partial charge >= 0.3 is 0 Å². The summed E-state index contributed by atoms with van der Waals surface area (Å²) >= 11 is 0. The summed E-state index contributed by atoms with van der Waals surface area (Å²) in [6, 6.07) is 11.8. The van der Waals surface area contributed by atoms with E-state index < -0.39 is 0 Å². The number of guanidine groups is 1. The fraction of sp³-hybridized carbons (Fsp3) is 0.364. The number of hydrogen-bond acceptors (Lipinski definition) is 5. The van der Waals surface area contributed by atoms with Gasteiger partial charge in [0.25, 0.3) is 0 Å². The summed E-state index contributed by atoms with van der Waals surface area (Å²) in [5.41, 5.74) is 2.99. The molecular formula is C22H29N5O3. The zero-order valence-electron chi connectivity index (χ0n) is 17.9. The van der Waals surface area contributed by atoms with Gasteiger partial charge in [0.1, 0.15) is 5.82 Å². The second-order valence-electron chi connectivity index (χ2n) is 6.61. The lowest BCUT2D eigenvalue weighted by Crippen LogP contribution is -2.38. The normalized spacial score (nSPS) is 11.4. The molecule has 3 N–H and O–H groups in total. The van der Waals surface area contributed by atoms with Gasteiger partial charge in [-0.05, 0) is 36.8 Å². The van der Waals surface area contributed by atoms with Crippen molar-refractivity contribution in [1.29, 1.82) is 0 Å². The van der Waals surface area contributed by atoms with Crippen molar-refractivity contribution in [1.82, 2.24) is 20.6 Å². The van der Waals surface area contributed by atoms with Crippen LogP contribution in [0.3, 0.4) is 0 Å². The van der Waals surface area contributed by atoms with Crippen LogP contribution < -0.4 is 24.8 Å². The van der Waals surface area contributed by atoms with Gasteiger partial charge in [0.15, 0.2) is 17.5 Å². The monoisotopic (exact) mass is 411 g/mol. The molecule has 0 fully saturated rings. The van der Waals surface area contributed by atoms with Gasteiger partial charge in [0.05, 0.1) is 38.9 Å². The predicted molar refractivity (Wildman–Crippen MR) is 119 cm³/mol. The molecule has 30 heavy (non-hydrogen) atoms. The number of fused-ring (bicyclic) bond motifs is 1. The lowest BCUT2D eigenvalue weighted by molar-refractivity contribution is 0.324. The summed E-state index contributed by atoms with van der Waals surface area (Å²) in [4.78, 5) is 12.6. The smallest absolute Gasteiger partial charge is 0.203 e. The van der Waals surface area contributed by atoms with Crippen LogP contribution >= 0.6 is 0 Å². The molecule has 0 amide bonds. The summed E-state index contributed by atoms with van der Waals surface area (Å²) in [7, 11) is 4.80. The molecule has 0 spiro atoms. The van der Waals surface area contributed by atoms with Crippen molar-refractivity contribution < 1.29 is 14.2 Å². The Kier molecular flexibility index (Phi) is 7.37. The topological polar surface area (TPSA) is 92.8 Å². The van der Waals surface area contributed by atoms with E-state index in [0.29, 0.717) is 30.3 Å². The van der Waals surface area contributed by atoms with Crippen molar-refractivity contribution in [3.05, 3.63) is 47.8 Å². The maximum atomic E-state index is 5.42. The Morgan fingerprint density at radius 1 is 1.03 bits per heavy atom. The van der Waals surface area contributed by atoms with E-state index in [-0.39, 0.29) is 0 Å². The Morgan fingerprint density at radius 3 is 2.40 bits per heavy atom. The van der Waals surface area contributed by atoms with E-state index in [2.05, 4.69) is 25.6 Å². The molecule has 0 bridgehead atoms. The van der Waals surface area contributed by atoms with E-state index in [1.165, 1.54) is 0 Å². The number of ether oxygens (including phenoxy) is 3. The highest BCUT2D eigenvalue weighted by atomic mass is 16.5. The third kappa shape index (κ3) is 5.14. The first-order valence-corrected chi connectivity index (χ1v) is 9.93. The van der Waals surface area contributed by atoms with Crippen LogP contribution in [0, 0.1) is 0 Å². The van der Waals surface area contributed by atoms with Crippen molar-refractivity contribution >= 4 is 17.0 Å². The number of nitrogens with zero attached hydrogens (tertiary/aromatic N) is 2. The van der Waals surface area contributed by atoms with Crippen LogP contribution in [-0.2, 0) is 13.0 Å². The average Bonchev–Trinajstić information content (AvgIpc) is 3.19. The lowest BCUT2D eigenvalue weighted by Gasteiger charge is -2.14. The number of aromatic amines is 1. The van der Waals surface area contributed by atoms with Crippen LogP contribution in [0.5, 0.6) is 17.2 Å². The fourth-order valence-electron chi connectivity index (χ4n) is 3.16. The van der Waals surface area contributed by atoms with Crippen molar-refractivity contribution in [2.75, 3.05) is 34.4 Å². The molecule has 1 aromatic heterocycles. The number of hydrogen-bond donors (Lipinski definition) is 3. The summed E-state index contributed by atoms with van der Waals surface area (Å²) in [6.07, 6.45) is 0.767. The zero-order chi connectivity index (χ0) is 21.3. The van der Waals surface area contributed by atoms with Gasteiger partial charge in [-0.1, -0.05) is 12.1 Å². The van der Waals surface area contributed by atoms with Gasteiger partial charge in [-0.15, -0.1) is 0 Å². The largest absolute Gasteiger partial charge is 0.493 e. The van der Waals surface area contributed by atoms with Crippen LogP contribution in [0.4, 0.5) is 0 Å². The van der Waals surface area contributed by atoms with E-state index in [1.54, 1.807) is 21.3 Å². The molecule has 0 radical (unpaired) electrons. The molecule has 0 aliphatic rings. The highest BCUT2D eigenvalue weighted by Crippen LogP contribution is 2.38. The molecule has 160 valence electrons. The summed E-state index contributed by atoms with van der Waals surface area (Å²) in [5, 5.41) is 6.62. The number of rotatable bonds is 9. The van der Waals surface area contributed by atoms with Gasteiger partial charge in [-0.3, -0.25) is 0 Å². The first-order chi connectivity index (χ1) is 14.7. The van der Waals surface area contributed by atoms with Crippen LogP contribution in [0.25, 0.3) is 11.0 Å². The Morgan fingerprint density at radius 2 is 1.77 bits per heavy atom. The number of nitrogens with one attached hydrogen (secondary N) is 3. The van der Waals surface area contributed by atoms with Gasteiger partial charge in [0, 0.05) is 19.5 Å². The Balaban J connectivity index is 1.65. The Labute approximate surface area is 176 Å². The van der Waals surface area contributed by atoms with Gasteiger partial charge in [-0.25, -0.2) is 9.98 Å². The molecule has 0 unspecified atom stereocenters. The molecule has 0 saturated heterocycles. The molecular weight excluding hydrogens is 382 g/mol. The zero-order valence-corrected chi connectivity index (χ0v) is 17.9. The number of para-hydroxylation sites is 2. The molecule has 0 aliphatic heterocycles. The van der Waals surface area contributed by atoms with Gasteiger partial charge < -0.3 is 29.8 Å². The van der Waals surface area contributed by atoms with Crippen LogP contribution in [0.2, 0.25) is 0 Å². The molecule has 0 atom stereocenters. The quantitative estimate of drug-likeness (QED) is 0.370. The standard InChI is InChI=1S/C22H29N5O3/c1-5-23-22(24-11-10-20-26-16-8-6-7-9-17(16)27-20)25-14-15-12-18(28-2)21(30-4)19(13-15)29-3/h6-9,12-13H,5,10-11,14H2,1-4H3,(H,26,27)(H2,23,24,25). The van der Waals surface area contributed by atoms with Crippen molar-refractivity contribution in [2.45, 2.75) is 19.9 Å². The minimum absolute atomic E-state index is 0.469. The fourth-order valence-corrected chi connectivity index (χ4v) is 3.16. The highest BCUT2D eigenvalue weighted by Gasteiger charge is 2.13. The maximum Gasteiger partial charge on any atom is 0.203 e. The highest BCUT2D eigenvalue weighted by molar-refractivity contribution is 5.79. The summed E-state index contributed by atoms with van der Waals surface area (Å²) in [6.45, 7) is 3.99. The third-order valence-corrected chi connectivity index (χ3v) is 4.58. The predicted octanol–water partition coefficient (Wildman–Crippen LogP) is 2.89. The molecule has 1 heterocycles. The van der Waals surface area contributed by atoms with Crippen molar-refractivity contribution in [2.24, 2.45) is 4.99 Å².